The van der Waals surface area contributed by atoms with Crippen molar-refractivity contribution < 1.29 is 13.5 Å². The lowest BCUT2D eigenvalue weighted by atomic mass is 10.2. The fourth-order valence-corrected chi connectivity index (χ4v) is 3.46. The van der Waals surface area contributed by atoms with Gasteiger partial charge >= 0.3 is 0 Å². The van der Waals surface area contributed by atoms with Crippen LogP contribution in [0.5, 0.6) is 0 Å². The number of unbranched alkanes of at least 4 members (excludes halogenated alkanes) is 2. The Kier molecular flexibility index (Phi) is 6.26. The lowest BCUT2D eigenvalue weighted by Gasteiger charge is -2.18. The standard InChI is InChI=1S/C13H20ClNO3S/c1-11-12(14)7-6-8-13(11)19(17,18)15(2)9-4-3-5-10-16/h6-8,16H,3-5,9-10H2,1-2H3. The quantitative estimate of drug-likeness (QED) is 0.787. The van der Waals surface area contributed by atoms with E-state index in [1.54, 1.807) is 32.2 Å². The normalized spacial score (nSPS) is 12.1. The smallest absolute Gasteiger partial charge is 0.243 e. The van der Waals surface area contributed by atoms with Gasteiger partial charge in [-0.25, -0.2) is 12.7 Å². The van der Waals surface area contributed by atoms with Crippen LogP contribution in [0.4, 0.5) is 0 Å². The van der Waals surface area contributed by atoms with Gasteiger partial charge in [-0.1, -0.05) is 17.7 Å². The van der Waals surface area contributed by atoms with Gasteiger partial charge in [-0.2, -0.15) is 0 Å². The molecular weight excluding hydrogens is 286 g/mol. The molecule has 108 valence electrons. The van der Waals surface area contributed by atoms with Gasteiger partial charge in [0.25, 0.3) is 0 Å². The van der Waals surface area contributed by atoms with Crippen LogP contribution in [0.3, 0.4) is 0 Å². The molecular formula is C13H20ClNO3S. The number of aliphatic hydroxyl groups excluding tert-OH is 1. The fraction of sp³-hybridized carbons (Fsp3) is 0.538. The van der Waals surface area contributed by atoms with Gasteiger partial charge in [0, 0.05) is 25.2 Å². The first-order valence-electron chi connectivity index (χ1n) is 6.23. The zero-order chi connectivity index (χ0) is 14.5. The van der Waals surface area contributed by atoms with E-state index < -0.39 is 10.0 Å². The molecule has 1 N–H and O–H groups in total. The van der Waals surface area contributed by atoms with E-state index >= 15 is 0 Å². The minimum absolute atomic E-state index is 0.143. The molecule has 0 fully saturated rings. The Bertz CT molecular complexity index is 517. The number of hydrogen-bond acceptors (Lipinski definition) is 3. The van der Waals surface area contributed by atoms with Crippen LogP contribution < -0.4 is 0 Å². The molecule has 1 aromatic rings. The molecule has 0 aromatic heterocycles. The molecule has 1 aromatic carbocycles. The van der Waals surface area contributed by atoms with Crippen LogP contribution in [-0.2, 0) is 10.0 Å². The Hall–Kier alpha value is -0.620. The van der Waals surface area contributed by atoms with E-state index in [-0.39, 0.29) is 11.5 Å². The van der Waals surface area contributed by atoms with Crippen molar-refractivity contribution in [3.63, 3.8) is 0 Å². The first kappa shape index (κ1) is 16.4. The van der Waals surface area contributed by atoms with E-state index in [1.807, 2.05) is 0 Å². The number of halogens is 1. The molecule has 19 heavy (non-hydrogen) atoms. The van der Waals surface area contributed by atoms with Crippen LogP contribution in [0.25, 0.3) is 0 Å². The van der Waals surface area contributed by atoms with Crippen LogP contribution in [0.1, 0.15) is 24.8 Å². The third kappa shape index (κ3) is 4.18. The van der Waals surface area contributed by atoms with E-state index in [0.717, 1.165) is 12.8 Å². The zero-order valence-corrected chi connectivity index (χ0v) is 12.8. The molecule has 0 saturated heterocycles. The van der Waals surface area contributed by atoms with E-state index in [1.165, 1.54) is 4.31 Å². The molecule has 6 heteroatoms. The highest BCUT2D eigenvalue weighted by molar-refractivity contribution is 7.89. The summed E-state index contributed by atoms with van der Waals surface area (Å²) in [4.78, 5) is 0.254. The first-order chi connectivity index (χ1) is 8.91. The highest BCUT2D eigenvalue weighted by Crippen LogP contribution is 2.25. The average molecular weight is 306 g/mol. The van der Waals surface area contributed by atoms with Crippen molar-refractivity contribution in [3.8, 4) is 0 Å². The number of sulfonamides is 1. The van der Waals surface area contributed by atoms with Crippen molar-refractivity contribution in [2.75, 3.05) is 20.2 Å². The maximum absolute atomic E-state index is 12.4. The Morgan fingerprint density at radius 1 is 1.26 bits per heavy atom. The van der Waals surface area contributed by atoms with Gasteiger partial charge in [-0.15, -0.1) is 0 Å². The van der Waals surface area contributed by atoms with Gasteiger partial charge < -0.3 is 5.11 Å². The second-order valence-corrected chi connectivity index (χ2v) is 6.89. The summed E-state index contributed by atoms with van der Waals surface area (Å²) in [6, 6.07) is 4.89. The van der Waals surface area contributed by atoms with E-state index in [2.05, 4.69) is 0 Å². The summed E-state index contributed by atoms with van der Waals surface area (Å²) >= 11 is 5.96. The summed E-state index contributed by atoms with van der Waals surface area (Å²) in [6.45, 7) is 2.28. The molecule has 0 atom stereocenters. The molecule has 0 bridgehead atoms. The van der Waals surface area contributed by atoms with E-state index in [4.69, 9.17) is 16.7 Å². The van der Waals surface area contributed by atoms with Gasteiger partial charge in [-0.3, -0.25) is 0 Å². The molecule has 4 nitrogen and oxygen atoms in total. The van der Waals surface area contributed by atoms with Crippen molar-refractivity contribution in [1.82, 2.24) is 4.31 Å². The van der Waals surface area contributed by atoms with Gasteiger partial charge in [0.1, 0.15) is 0 Å². The van der Waals surface area contributed by atoms with Crippen LogP contribution >= 0.6 is 11.6 Å². The number of nitrogens with zero attached hydrogens (tertiary/aromatic N) is 1. The van der Waals surface area contributed by atoms with Crippen molar-refractivity contribution in [1.29, 1.82) is 0 Å². The summed E-state index contributed by atoms with van der Waals surface area (Å²) in [5, 5.41) is 9.14. The average Bonchev–Trinajstić information content (AvgIpc) is 2.37. The number of rotatable bonds is 7. The minimum Gasteiger partial charge on any atom is -0.396 e. The maximum atomic E-state index is 12.4. The molecule has 0 spiro atoms. The summed E-state index contributed by atoms with van der Waals surface area (Å²) in [7, 11) is -1.93. The summed E-state index contributed by atoms with van der Waals surface area (Å²) < 4.78 is 26.1. The van der Waals surface area contributed by atoms with E-state index in [9.17, 15) is 8.42 Å². The molecule has 0 heterocycles. The van der Waals surface area contributed by atoms with Gasteiger partial charge in [0.05, 0.1) is 4.90 Å². The molecule has 0 aliphatic carbocycles. The predicted octanol–water partition coefficient (Wildman–Crippen LogP) is 2.43. The Labute approximate surface area is 120 Å². The first-order valence-corrected chi connectivity index (χ1v) is 8.05. The topological polar surface area (TPSA) is 57.6 Å². The molecule has 0 aliphatic rings. The second-order valence-electron chi connectivity index (χ2n) is 4.47. The second kappa shape index (κ2) is 7.24. The minimum atomic E-state index is -3.49. The summed E-state index contributed by atoms with van der Waals surface area (Å²) in [5.74, 6) is 0. The fourth-order valence-electron chi connectivity index (χ4n) is 1.78. The molecule has 0 unspecified atom stereocenters. The van der Waals surface area contributed by atoms with Crippen LogP contribution in [0, 0.1) is 6.92 Å². The van der Waals surface area contributed by atoms with Gasteiger partial charge in [0.15, 0.2) is 0 Å². The van der Waals surface area contributed by atoms with Gasteiger partial charge in [-0.05, 0) is 43.9 Å². The lowest BCUT2D eigenvalue weighted by molar-refractivity contribution is 0.281. The van der Waals surface area contributed by atoms with Crippen LogP contribution in [-0.4, -0.2) is 38.0 Å². The number of benzene rings is 1. The molecule has 0 radical (unpaired) electrons. The van der Waals surface area contributed by atoms with Gasteiger partial charge in [0.2, 0.25) is 10.0 Å². The van der Waals surface area contributed by atoms with Crippen molar-refractivity contribution in [3.05, 3.63) is 28.8 Å². The third-order valence-electron chi connectivity index (χ3n) is 3.04. The largest absolute Gasteiger partial charge is 0.396 e. The molecule has 1 rings (SSSR count). The summed E-state index contributed by atoms with van der Waals surface area (Å²) in [5.41, 5.74) is 0.575. The van der Waals surface area contributed by atoms with Crippen LogP contribution in [0.2, 0.25) is 5.02 Å². The molecule has 0 aliphatic heterocycles. The monoisotopic (exact) mass is 305 g/mol. The third-order valence-corrected chi connectivity index (χ3v) is 5.45. The predicted molar refractivity (Wildman–Crippen MR) is 76.9 cm³/mol. The van der Waals surface area contributed by atoms with Crippen LogP contribution in [0.15, 0.2) is 23.1 Å². The number of aliphatic hydroxyl groups is 1. The Morgan fingerprint density at radius 3 is 2.58 bits per heavy atom. The lowest BCUT2D eigenvalue weighted by Crippen LogP contribution is -2.28. The van der Waals surface area contributed by atoms with Crippen molar-refractivity contribution in [2.45, 2.75) is 31.1 Å². The Morgan fingerprint density at radius 2 is 1.95 bits per heavy atom. The zero-order valence-electron chi connectivity index (χ0n) is 11.3. The molecule has 0 amide bonds. The van der Waals surface area contributed by atoms with Crippen molar-refractivity contribution in [2.24, 2.45) is 0 Å². The van der Waals surface area contributed by atoms with E-state index in [0.29, 0.717) is 23.6 Å². The Balaban J connectivity index is 2.82. The summed E-state index contributed by atoms with van der Waals surface area (Å²) in [6.07, 6.45) is 2.24. The van der Waals surface area contributed by atoms with Crippen molar-refractivity contribution >= 4 is 21.6 Å². The number of hydrogen-bond donors (Lipinski definition) is 1. The molecule has 0 saturated carbocycles. The maximum Gasteiger partial charge on any atom is 0.243 e. The highest BCUT2D eigenvalue weighted by atomic mass is 35.5. The highest BCUT2D eigenvalue weighted by Gasteiger charge is 2.22. The SMILES string of the molecule is Cc1c(Cl)cccc1S(=O)(=O)N(C)CCCCCO.